The van der Waals surface area contributed by atoms with Crippen molar-refractivity contribution in [2.24, 2.45) is 0 Å². The molecular weight excluding hydrogens is 420 g/mol. The summed E-state index contributed by atoms with van der Waals surface area (Å²) in [4.78, 5) is 13.4. The number of carbonyl (C=O) groups is 1. The number of ketones is 1. The van der Waals surface area contributed by atoms with Crippen molar-refractivity contribution >= 4 is 5.78 Å². The van der Waals surface area contributed by atoms with Crippen molar-refractivity contribution in [3.05, 3.63) is 35.9 Å². The maximum atomic E-state index is 13.4. The summed E-state index contributed by atoms with van der Waals surface area (Å²) >= 11 is 0. The molecule has 0 amide bonds. The first kappa shape index (κ1) is 24.1. The Hall–Kier alpha value is -1.55. The number of aliphatic hydroxyl groups excluding tert-OH is 8. The fraction of sp³-hybridized carbons (Fsp3) is 0.632. The third-order valence-corrected chi connectivity index (χ3v) is 5.53. The summed E-state index contributed by atoms with van der Waals surface area (Å²) in [6, 6.07) is 7.23. The third kappa shape index (κ3) is 3.90. The van der Waals surface area contributed by atoms with Crippen molar-refractivity contribution in [1.29, 1.82) is 0 Å². The molecule has 9 atom stereocenters. The van der Waals surface area contributed by atoms with Gasteiger partial charge in [-0.1, -0.05) is 30.3 Å². The van der Waals surface area contributed by atoms with E-state index in [4.69, 9.17) is 14.2 Å². The van der Waals surface area contributed by atoms with Gasteiger partial charge in [0.25, 0.3) is 5.79 Å². The Morgan fingerprint density at radius 1 is 0.839 bits per heavy atom. The van der Waals surface area contributed by atoms with Crippen LogP contribution in [0.15, 0.2) is 30.3 Å². The first-order chi connectivity index (χ1) is 14.7. The van der Waals surface area contributed by atoms with Gasteiger partial charge in [-0.25, -0.2) is 0 Å². The summed E-state index contributed by atoms with van der Waals surface area (Å²) in [5.74, 6) is -6.54. The van der Waals surface area contributed by atoms with Crippen LogP contribution in [0.1, 0.15) is 10.4 Å². The van der Waals surface area contributed by atoms with E-state index in [1.54, 1.807) is 6.07 Å². The molecule has 2 aliphatic heterocycles. The van der Waals surface area contributed by atoms with Crippen molar-refractivity contribution in [3.63, 3.8) is 0 Å². The summed E-state index contributed by atoms with van der Waals surface area (Å²) in [7, 11) is 0. The minimum Gasteiger partial charge on any atom is -0.394 e. The van der Waals surface area contributed by atoms with Crippen LogP contribution in [0.25, 0.3) is 0 Å². The van der Waals surface area contributed by atoms with Crippen LogP contribution in [0.4, 0.5) is 0 Å². The van der Waals surface area contributed by atoms with Crippen LogP contribution in [-0.4, -0.2) is 121 Å². The van der Waals surface area contributed by atoms with E-state index < -0.39 is 79.9 Å². The number of rotatable bonds is 7. The van der Waals surface area contributed by atoms with Gasteiger partial charge in [0.2, 0.25) is 11.6 Å². The smallest absolute Gasteiger partial charge is 0.266 e. The van der Waals surface area contributed by atoms with Crippen LogP contribution in [0.2, 0.25) is 0 Å². The first-order valence-electron chi connectivity index (χ1n) is 9.56. The summed E-state index contributed by atoms with van der Waals surface area (Å²) < 4.78 is 16.3. The molecule has 1 aromatic carbocycles. The minimum atomic E-state index is -2.89. The minimum absolute atomic E-state index is 0.0818. The van der Waals surface area contributed by atoms with Crippen molar-refractivity contribution < 1.29 is 59.9 Å². The average Bonchev–Trinajstić information content (AvgIpc) is 3.04. The molecule has 0 aromatic heterocycles. The van der Waals surface area contributed by atoms with Gasteiger partial charge >= 0.3 is 0 Å². The van der Waals surface area contributed by atoms with Gasteiger partial charge < -0.3 is 55.1 Å². The predicted molar refractivity (Wildman–Crippen MR) is 98.4 cm³/mol. The topological polar surface area (TPSA) is 207 Å². The molecule has 0 radical (unpaired) electrons. The SMILES string of the molecule is O=C(c1ccccc1)[C@@]1(OC2(CO)O[C@H](CO)[C@@H](O)[C@@H]2O)O[C@H](CO)[C@@H](O)[C@H](O)[C@H]1O. The molecule has 0 spiro atoms. The van der Waals surface area contributed by atoms with E-state index in [0.717, 1.165) is 0 Å². The predicted octanol–water partition coefficient (Wildman–Crippen LogP) is -4.14. The van der Waals surface area contributed by atoms with E-state index in [-0.39, 0.29) is 5.56 Å². The molecule has 8 N–H and O–H groups in total. The number of aliphatic hydroxyl groups is 8. The van der Waals surface area contributed by atoms with Crippen LogP contribution in [0.3, 0.4) is 0 Å². The van der Waals surface area contributed by atoms with Gasteiger partial charge in [0.15, 0.2) is 0 Å². The van der Waals surface area contributed by atoms with Gasteiger partial charge in [-0.3, -0.25) is 4.79 Å². The maximum Gasteiger partial charge on any atom is 0.266 e. The zero-order valence-corrected chi connectivity index (χ0v) is 16.3. The molecule has 2 fully saturated rings. The Labute approximate surface area is 176 Å². The summed E-state index contributed by atoms with van der Waals surface area (Å²) in [6.45, 7) is -2.84. The lowest BCUT2D eigenvalue weighted by Gasteiger charge is -2.49. The normalized spacial score (nSPS) is 43.2. The highest BCUT2D eigenvalue weighted by molar-refractivity contribution is 6.02. The zero-order chi connectivity index (χ0) is 23.0. The Bertz CT molecular complexity index is 760. The Balaban J connectivity index is 2.11. The van der Waals surface area contributed by atoms with Gasteiger partial charge in [0.1, 0.15) is 49.3 Å². The lowest BCUT2D eigenvalue weighted by atomic mass is 9.87. The molecule has 12 nitrogen and oxygen atoms in total. The number of carbonyl (C=O) groups excluding carboxylic acids is 1. The van der Waals surface area contributed by atoms with E-state index in [2.05, 4.69) is 0 Å². The fourth-order valence-corrected chi connectivity index (χ4v) is 3.76. The third-order valence-electron chi connectivity index (χ3n) is 5.53. The van der Waals surface area contributed by atoms with E-state index in [9.17, 15) is 45.6 Å². The second-order valence-electron chi connectivity index (χ2n) is 7.47. The summed E-state index contributed by atoms with van der Waals surface area (Å²) in [5.41, 5.74) is -0.0818. The van der Waals surface area contributed by atoms with Gasteiger partial charge in [-0.15, -0.1) is 0 Å². The highest BCUT2D eigenvalue weighted by Crippen LogP contribution is 2.42. The molecular formula is C19H26O12. The molecule has 1 aromatic rings. The lowest BCUT2D eigenvalue weighted by Crippen LogP contribution is -2.72. The molecule has 2 aliphatic rings. The second-order valence-corrected chi connectivity index (χ2v) is 7.47. The molecule has 2 heterocycles. The first-order valence-corrected chi connectivity index (χ1v) is 9.56. The zero-order valence-electron chi connectivity index (χ0n) is 16.3. The largest absolute Gasteiger partial charge is 0.394 e. The van der Waals surface area contributed by atoms with Crippen LogP contribution in [0, 0.1) is 0 Å². The fourth-order valence-electron chi connectivity index (χ4n) is 3.76. The molecule has 174 valence electrons. The monoisotopic (exact) mass is 446 g/mol. The average molecular weight is 446 g/mol. The van der Waals surface area contributed by atoms with Crippen LogP contribution in [0.5, 0.6) is 0 Å². The molecule has 0 saturated carbocycles. The Morgan fingerprint density at radius 3 is 1.94 bits per heavy atom. The lowest BCUT2D eigenvalue weighted by molar-refractivity contribution is -0.412. The maximum absolute atomic E-state index is 13.4. The van der Waals surface area contributed by atoms with Crippen molar-refractivity contribution in [2.75, 3.05) is 19.8 Å². The molecule has 12 heteroatoms. The van der Waals surface area contributed by atoms with E-state index in [0.29, 0.717) is 0 Å². The number of hydrogen-bond donors (Lipinski definition) is 8. The van der Waals surface area contributed by atoms with Gasteiger partial charge in [-0.05, 0) is 0 Å². The van der Waals surface area contributed by atoms with Crippen LogP contribution >= 0.6 is 0 Å². The van der Waals surface area contributed by atoms with Crippen molar-refractivity contribution in [1.82, 2.24) is 0 Å². The molecule has 1 unspecified atom stereocenters. The van der Waals surface area contributed by atoms with Gasteiger partial charge in [0, 0.05) is 5.56 Å². The second kappa shape index (κ2) is 9.13. The molecule has 3 rings (SSSR count). The molecule has 2 saturated heterocycles. The number of benzene rings is 1. The van der Waals surface area contributed by atoms with Crippen molar-refractivity contribution in [2.45, 2.75) is 54.3 Å². The quantitative estimate of drug-likeness (QED) is 0.188. The summed E-state index contributed by atoms with van der Waals surface area (Å²) in [6.07, 6.45) is -12.9. The van der Waals surface area contributed by atoms with Crippen molar-refractivity contribution in [3.8, 4) is 0 Å². The van der Waals surface area contributed by atoms with E-state index in [1.807, 2.05) is 0 Å². The molecule has 0 bridgehead atoms. The van der Waals surface area contributed by atoms with Crippen LogP contribution in [-0.2, 0) is 14.2 Å². The standard InChI is InChI=1S/C19H26O12/c20-6-10-12(23)14(25)17(28)19(30-10,15(26)9-4-2-1-3-5-9)31-18(8-22)16(27)13(24)11(7-21)29-18/h1-5,10-14,16-17,20-25,27-28H,6-8H2/t10-,11-,12-,13-,14+,16+,17-,18?,19+/m1/s1. The van der Waals surface area contributed by atoms with Crippen LogP contribution < -0.4 is 0 Å². The van der Waals surface area contributed by atoms with Gasteiger partial charge in [0.05, 0.1) is 13.2 Å². The molecule has 0 aliphatic carbocycles. The Morgan fingerprint density at radius 2 is 1.42 bits per heavy atom. The van der Waals surface area contributed by atoms with E-state index >= 15 is 0 Å². The Kier molecular flexibility index (Phi) is 7.10. The highest BCUT2D eigenvalue weighted by atomic mass is 16.8. The highest BCUT2D eigenvalue weighted by Gasteiger charge is 2.66. The number of hydrogen-bond acceptors (Lipinski definition) is 12. The molecule has 31 heavy (non-hydrogen) atoms. The van der Waals surface area contributed by atoms with E-state index in [1.165, 1.54) is 24.3 Å². The number of Topliss-reactive ketones (excluding diaryl/α,β-unsaturated/α-hetero) is 1. The summed E-state index contributed by atoms with van der Waals surface area (Å²) in [5, 5.41) is 80.6. The number of ether oxygens (including phenoxy) is 3. The van der Waals surface area contributed by atoms with Gasteiger partial charge in [-0.2, -0.15) is 0 Å².